The molecule has 60 heavy (non-hydrogen) atoms. The lowest BCUT2D eigenvalue weighted by Crippen LogP contribution is -2.60. The van der Waals surface area contributed by atoms with Crippen LogP contribution >= 0.6 is 0 Å². The molecule has 13 atom stereocenters. The number of hydrogen-bond donors (Lipinski definition) is 2. The van der Waals surface area contributed by atoms with Crippen LogP contribution in [-0.2, 0) is 42.8 Å². The molecule has 16 nitrogen and oxygen atoms in total. The van der Waals surface area contributed by atoms with Crippen LogP contribution in [0.4, 0.5) is 14.0 Å². The summed E-state index contributed by atoms with van der Waals surface area (Å²) in [7, 11) is 3.58. The topological polar surface area (TPSA) is 202 Å². The Hall–Kier alpha value is -4.84. The summed E-state index contributed by atoms with van der Waals surface area (Å²) >= 11 is 0. The molecule has 3 fully saturated rings. The number of alkyl carbamates (subject to hydrolysis) is 1. The van der Waals surface area contributed by atoms with E-state index in [-0.39, 0.29) is 24.2 Å². The summed E-state index contributed by atoms with van der Waals surface area (Å²) in [4.78, 5) is 78.7. The van der Waals surface area contributed by atoms with Crippen molar-refractivity contribution in [3.05, 3.63) is 54.4 Å². The first-order valence-electron chi connectivity index (χ1n) is 20.3. The minimum Gasteiger partial charge on any atom is -0.458 e. The van der Waals surface area contributed by atoms with E-state index in [2.05, 4.69) is 15.3 Å². The lowest BCUT2D eigenvalue weighted by atomic mass is 9.75. The van der Waals surface area contributed by atoms with Crippen molar-refractivity contribution in [2.75, 3.05) is 20.7 Å². The van der Waals surface area contributed by atoms with Crippen LogP contribution in [0.3, 0.4) is 0 Å². The Labute approximate surface area is 349 Å². The highest BCUT2D eigenvalue weighted by Crippen LogP contribution is 2.39. The summed E-state index contributed by atoms with van der Waals surface area (Å²) in [5.74, 6) is -6.59. The molecular weight excluding hydrogens is 783 g/mol. The van der Waals surface area contributed by atoms with Crippen LogP contribution in [0.2, 0.25) is 0 Å². The second-order valence-electron chi connectivity index (χ2n) is 16.4. The predicted molar refractivity (Wildman–Crippen MR) is 213 cm³/mol. The number of amides is 1. The number of aliphatic hydroxyl groups is 1. The number of carbonyl (C=O) groups excluding carboxylic acids is 5. The number of ether oxygens (including phenoxy) is 6. The van der Waals surface area contributed by atoms with E-state index < -0.39 is 115 Å². The monoisotopic (exact) mass is 840 g/mol. The summed E-state index contributed by atoms with van der Waals surface area (Å²) < 4.78 is 50.6. The second-order valence-corrected chi connectivity index (χ2v) is 16.4. The fourth-order valence-electron chi connectivity index (χ4n) is 8.35. The van der Waals surface area contributed by atoms with E-state index in [9.17, 15) is 29.1 Å². The number of aromatic nitrogens is 2. The third kappa shape index (κ3) is 10.5. The highest BCUT2D eigenvalue weighted by atomic mass is 19.1. The lowest BCUT2D eigenvalue weighted by Gasteiger charge is -2.46. The number of Topliss-reactive ketones (excluding diaryl/α,β-unsaturated/α-hetero) is 2. The quantitative estimate of drug-likeness (QED) is 0.193. The van der Waals surface area contributed by atoms with E-state index in [0.29, 0.717) is 17.8 Å². The molecule has 0 radical (unpaired) electrons. The summed E-state index contributed by atoms with van der Waals surface area (Å²) in [6, 6.07) is 6.71. The van der Waals surface area contributed by atoms with Gasteiger partial charge in [-0.2, -0.15) is 0 Å². The maximum atomic E-state index is 15.3. The predicted octanol–water partition coefficient (Wildman–Crippen LogP) is 5.06. The molecule has 0 spiro atoms. The molecule has 2 aromatic rings. The Morgan fingerprint density at radius 3 is 2.32 bits per heavy atom. The third-order valence-corrected chi connectivity index (χ3v) is 11.7. The number of ketones is 2. The zero-order chi connectivity index (χ0) is 44.1. The van der Waals surface area contributed by atoms with E-state index in [0.717, 1.165) is 6.08 Å². The molecule has 1 aromatic heterocycles. The molecule has 3 aliphatic heterocycles. The van der Waals surface area contributed by atoms with E-state index >= 15 is 4.39 Å². The van der Waals surface area contributed by atoms with Gasteiger partial charge in [-0.15, -0.1) is 0 Å². The maximum Gasteiger partial charge on any atom is 0.509 e. The van der Waals surface area contributed by atoms with E-state index in [4.69, 9.17) is 28.4 Å². The van der Waals surface area contributed by atoms with Gasteiger partial charge in [0.1, 0.15) is 48.0 Å². The van der Waals surface area contributed by atoms with Crippen LogP contribution in [0.15, 0.2) is 48.8 Å². The molecule has 1 aromatic carbocycles. The summed E-state index contributed by atoms with van der Waals surface area (Å²) in [6.07, 6.45) is -3.89. The molecule has 3 aliphatic rings. The highest BCUT2D eigenvalue weighted by molar-refractivity contribution is 6.00. The van der Waals surface area contributed by atoms with Gasteiger partial charge in [-0.3, -0.25) is 14.4 Å². The smallest absolute Gasteiger partial charge is 0.458 e. The first-order valence-corrected chi connectivity index (χ1v) is 20.3. The Morgan fingerprint density at radius 1 is 1.02 bits per heavy atom. The zero-order valence-corrected chi connectivity index (χ0v) is 35.5. The van der Waals surface area contributed by atoms with Gasteiger partial charge >= 0.3 is 18.2 Å². The van der Waals surface area contributed by atoms with E-state index in [1.807, 2.05) is 4.90 Å². The number of fused-ring (bicyclic) bond motifs is 1. The maximum absolute atomic E-state index is 15.3. The largest absolute Gasteiger partial charge is 0.509 e. The standard InChI is InChI=1S/C43H57FN4O12/c1-10-31-36-32(47-41(53)58-36)24(4)33(49)22(2)21-43(7,60-42(54)55-19-16-29(44)27-12-14-28(15-13-27)38-45-17-11-18-46-38)37(25(5)34(50)26(6)39(52)57-31)59-40-35(51)30(48(8)9)20-23(3)56-40/h11-18,22-26,30-32,35-37,40,51H,10,19-21H2,1-9H3,(H,47,53)/b29-16-/t22-,23-,24-,25+,26-,30+,31-,32+,35-,36-,37?,40?,43-/m1/s1. The van der Waals surface area contributed by atoms with Crippen LogP contribution in [0.25, 0.3) is 17.2 Å². The van der Waals surface area contributed by atoms with Crippen molar-refractivity contribution >= 4 is 35.6 Å². The Morgan fingerprint density at radius 2 is 1.68 bits per heavy atom. The van der Waals surface area contributed by atoms with Gasteiger partial charge in [0.25, 0.3) is 0 Å². The van der Waals surface area contributed by atoms with Gasteiger partial charge in [0.15, 0.2) is 24.0 Å². The second kappa shape index (κ2) is 19.7. The minimum atomic E-state index is -1.90. The molecule has 0 saturated carbocycles. The number of aliphatic hydroxyl groups excluding tert-OH is 1. The van der Waals surface area contributed by atoms with Gasteiger partial charge in [0.05, 0.1) is 12.1 Å². The number of nitrogens with one attached hydrogen (secondary N) is 1. The summed E-state index contributed by atoms with van der Waals surface area (Å²) in [5.41, 5.74) is -1.03. The number of hydrogen-bond acceptors (Lipinski definition) is 15. The van der Waals surface area contributed by atoms with Gasteiger partial charge in [-0.25, -0.2) is 23.9 Å². The number of benzene rings is 1. The zero-order valence-electron chi connectivity index (χ0n) is 35.5. The van der Waals surface area contributed by atoms with Gasteiger partial charge in [-0.1, -0.05) is 52.0 Å². The van der Waals surface area contributed by atoms with Gasteiger partial charge in [0, 0.05) is 47.3 Å². The summed E-state index contributed by atoms with van der Waals surface area (Å²) in [6.45, 7) is 10.5. The number of halogens is 1. The summed E-state index contributed by atoms with van der Waals surface area (Å²) in [5, 5.41) is 14.2. The normalized spacial score (nSPS) is 34.5. The van der Waals surface area contributed by atoms with Gasteiger partial charge < -0.3 is 43.7 Å². The molecule has 5 rings (SSSR count). The highest BCUT2D eigenvalue weighted by Gasteiger charge is 2.53. The number of nitrogens with zero attached hydrogens (tertiary/aromatic N) is 3. The molecule has 2 N–H and O–H groups in total. The average Bonchev–Trinajstić information content (AvgIpc) is 3.62. The molecule has 17 heteroatoms. The Kier molecular flexibility index (Phi) is 15.2. The SMILES string of the molecule is CC[C@H]1OC(=O)[C@H](C)C(=O)[C@H](C)C(OC2O[C@H](C)C[C@H](N(C)C)[C@H]2O)[C@](C)(OC(=O)OC/C=C(\F)c2ccc(-c3ncccn3)cc2)C[C@@H](C)C(=O)[C@H](C)[C@@H]2NC(=O)O[C@@H]21. The number of cyclic esters (lactones) is 1. The van der Waals surface area contributed by atoms with E-state index in [1.165, 1.54) is 32.9 Å². The molecule has 4 heterocycles. The Balaban J connectivity index is 1.48. The van der Waals surface area contributed by atoms with Crippen molar-refractivity contribution in [3.63, 3.8) is 0 Å². The number of carbonyl (C=O) groups is 5. The van der Waals surface area contributed by atoms with Crippen molar-refractivity contribution < 1.29 is 61.9 Å². The van der Waals surface area contributed by atoms with Gasteiger partial charge in [0.2, 0.25) is 0 Å². The number of rotatable bonds is 9. The van der Waals surface area contributed by atoms with Crippen molar-refractivity contribution in [1.82, 2.24) is 20.2 Å². The molecule has 328 valence electrons. The minimum absolute atomic E-state index is 0.201. The Bertz CT molecular complexity index is 1880. The average molecular weight is 841 g/mol. The van der Waals surface area contributed by atoms with Crippen LogP contribution in [0, 0.1) is 23.7 Å². The van der Waals surface area contributed by atoms with Crippen molar-refractivity contribution in [2.45, 2.75) is 122 Å². The molecule has 0 bridgehead atoms. The fourth-order valence-corrected chi connectivity index (χ4v) is 8.35. The molecule has 2 unspecified atom stereocenters. The molecular formula is C43H57FN4O12. The van der Waals surface area contributed by atoms with Crippen molar-refractivity contribution in [1.29, 1.82) is 0 Å². The van der Waals surface area contributed by atoms with Crippen LogP contribution < -0.4 is 5.32 Å². The van der Waals surface area contributed by atoms with Crippen molar-refractivity contribution in [2.24, 2.45) is 23.7 Å². The molecule has 3 saturated heterocycles. The van der Waals surface area contributed by atoms with Crippen LogP contribution in [0.5, 0.6) is 0 Å². The number of esters is 1. The number of likely N-dealkylation sites (N-methyl/N-ethyl adjacent to an activating group) is 1. The van der Waals surface area contributed by atoms with Crippen LogP contribution in [0.1, 0.15) is 73.3 Å². The first-order chi connectivity index (χ1) is 28.3. The first kappa shape index (κ1) is 46.2. The fraction of sp³-hybridized carbons (Fsp3) is 0.605. The molecule has 1 amide bonds. The van der Waals surface area contributed by atoms with Crippen LogP contribution in [-0.4, -0.2) is 125 Å². The molecule has 0 aliphatic carbocycles. The van der Waals surface area contributed by atoms with Crippen molar-refractivity contribution in [3.8, 4) is 11.4 Å². The van der Waals surface area contributed by atoms with Gasteiger partial charge in [-0.05, 0) is 66.3 Å². The lowest BCUT2D eigenvalue weighted by molar-refractivity contribution is -0.293. The third-order valence-electron chi connectivity index (χ3n) is 11.7. The van der Waals surface area contributed by atoms with E-state index in [1.54, 1.807) is 72.4 Å².